The number of rotatable bonds is 4. The highest BCUT2D eigenvalue weighted by molar-refractivity contribution is 6.13. The van der Waals surface area contributed by atoms with Crippen LogP contribution in [-0.4, -0.2) is 9.13 Å². The summed E-state index contributed by atoms with van der Waals surface area (Å²) in [6.45, 7) is 15.8. The molecule has 0 aliphatic rings. The maximum absolute atomic E-state index is 9.66. The number of fused-ring (bicyclic) bond motifs is 6. The fourth-order valence-electron chi connectivity index (χ4n) is 7.37. The summed E-state index contributed by atoms with van der Waals surface area (Å²) in [5, 5.41) is 13.9. The molecule has 0 spiro atoms. The van der Waals surface area contributed by atoms with Gasteiger partial charge in [0.15, 0.2) is 5.69 Å². The lowest BCUT2D eigenvalue weighted by molar-refractivity contribution is 1.18. The third kappa shape index (κ3) is 4.38. The number of nitriles is 1. The summed E-state index contributed by atoms with van der Waals surface area (Å²) >= 11 is 0. The highest BCUT2D eigenvalue weighted by atomic mass is 15.0. The Morgan fingerprint density at radius 1 is 0.500 bits per heavy atom. The summed E-state index contributed by atoms with van der Waals surface area (Å²) in [5.74, 6) is 0. The Morgan fingerprint density at radius 3 is 1.94 bits per heavy atom. The molecule has 50 heavy (non-hydrogen) atoms. The first kappa shape index (κ1) is 28.8. The first-order valence-electron chi connectivity index (χ1n) is 16.2. The van der Waals surface area contributed by atoms with Gasteiger partial charge in [0.1, 0.15) is 0 Å². The molecule has 0 N–H and O–H groups in total. The minimum Gasteiger partial charge on any atom is -0.319 e. The monoisotopic (exact) mass is 635 g/mol. The highest BCUT2D eigenvalue weighted by Gasteiger charge is 2.18. The van der Waals surface area contributed by atoms with Gasteiger partial charge in [0.2, 0.25) is 5.69 Å². The predicted molar refractivity (Wildman–Crippen MR) is 203 cm³/mol. The second-order valence-corrected chi connectivity index (χ2v) is 12.3. The lowest BCUT2D eigenvalue weighted by Crippen LogP contribution is -1.97. The Bertz CT molecular complexity index is 2970. The SMILES string of the molecule is [C-]#[N+]c1ccc(-c2cccc(-c3cccc(-n4c5ccccc5c5cccc([N+]#[C-])c54)c3)c2)c(-n2c3ccccc3c3cc(C#N)ccc32)c1. The number of benzene rings is 7. The largest absolute Gasteiger partial charge is 0.319 e. The third-order valence-electron chi connectivity index (χ3n) is 9.56. The van der Waals surface area contributed by atoms with Crippen molar-refractivity contribution in [2.45, 2.75) is 0 Å². The van der Waals surface area contributed by atoms with Crippen molar-refractivity contribution in [3.05, 3.63) is 180 Å². The summed E-state index contributed by atoms with van der Waals surface area (Å²) in [7, 11) is 0. The highest BCUT2D eigenvalue weighted by Crippen LogP contribution is 2.41. The molecule has 2 aromatic heterocycles. The van der Waals surface area contributed by atoms with Gasteiger partial charge in [-0.15, -0.1) is 0 Å². The van der Waals surface area contributed by atoms with Gasteiger partial charge in [0.05, 0.1) is 46.8 Å². The normalized spacial score (nSPS) is 11.1. The topological polar surface area (TPSA) is 42.4 Å². The summed E-state index contributed by atoms with van der Waals surface area (Å²) < 4.78 is 4.41. The standard InChI is InChI=1S/C45H25N5/c1-47-33-21-22-35(44(27-33)50-42-19-6-4-15-37(42)39-24-29(28-46)20-23-43(39)50)32-12-7-10-30(25-32)31-11-8-13-34(26-31)49-41-18-5-3-14-36(41)38-16-9-17-40(48-2)45(38)49/h3-27H. The van der Waals surface area contributed by atoms with E-state index in [2.05, 4.69) is 104 Å². The molecule has 9 rings (SSSR count). The molecule has 0 saturated heterocycles. The van der Waals surface area contributed by atoms with Gasteiger partial charge in [0, 0.05) is 33.1 Å². The van der Waals surface area contributed by atoms with Gasteiger partial charge in [0.25, 0.3) is 0 Å². The number of para-hydroxylation sites is 3. The second-order valence-electron chi connectivity index (χ2n) is 12.3. The molecule has 0 bridgehead atoms. The van der Waals surface area contributed by atoms with Crippen molar-refractivity contribution in [2.24, 2.45) is 0 Å². The van der Waals surface area contributed by atoms with Gasteiger partial charge >= 0.3 is 0 Å². The van der Waals surface area contributed by atoms with Crippen LogP contribution in [0.15, 0.2) is 152 Å². The Labute approximate surface area is 288 Å². The second kappa shape index (κ2) is 11.4. The van der Waals surface area contributed by atoms with Gasteiger partial charge in [-0.3, -0.25) is 0 Å². The number of aromatic nitrogens is 2. The zero-order valence-corrected chi connectivity index (χ0v) is 26.7. The maximum atomic E-state index is 9.66. The molecule has 5 nitrogen and oxygen atoms in total. The molecule has 0 saturated carbocycles. The van der Waals surface area contributed by atoms with Crippen molar-refractivity contribution < 1.29 is 0 Å². The minimum absolute atomic E-state index is 0.553. The molecule has 0 unspecified atom stereocenters. The average Bonchev–Trinajstić information content (AvgIpc) is 3.70. The van der Waals surface area contributed by atoms with Crippen LogP contribution in [0.25, 0.3) is 86.9 Å². The van der Waals surface area contributed by atoms with E-state index >= 15 is 0 Å². The van der Waals surface area contributed by atoms with Crippen molar-refractivity contribution in [3.63, 3.8) is 0 Å². The Hall–Kier alpha value is -7.39. The lowest BCUT2D eigenvalue weighted by atomic mass is 9.97. The van der Waals surface area contributed by atoms with Crippen LogP contribution in [0.2, 0.25) is 0 Å². The molecule has 2 heterocycles. The molecule has 0 aliphatic heterocycles. The van der Waals surface area contributed by atoms with E-state index in [0.29, 0.717) is 16.9 Å². The third-order valence-corrected chi connectivity index (χ3v) is 9.56. The van der Waals surface area contributed by atoms with Crippen LogP contribution in [0.3, 0.4) is 0 Å². The molecular weight excluding hydrogens is 611 g/mol. The van der Waals surface area contributed by atoms with Crippen molar-refractivity contribution >= 4 is 55.0 Å². The Kier molecular flexibility index (Phi) is 6.56. The number of hydrogen-bond donors (Lipinski definition) is 0. The summed E-state index contributed by atoms with van der Waals surface area (Å²) in [6.07, 6.45) is 0. The van der Waals surface area contributed by atoms with Gasteiger partial charge < -0.3 is 9.13 Å². The van der Waals surface area contributed by atoms with Gasteiger partial charge in [-0.25, -0.2) is 9.69 Å². The van der Waals surface area contributed by atoms with Crippen LogP contribution >= 0.6 is 0 Å². The van der Waals surface area contributed by atoms with E-state index in [0.717, 1.165) is 77.2 Å². The van der Waals surface area contributed by atoms with Crippen molar-refractivity contribution in [1.29, 1.82) is 5.26 Å². The molecule has 0 aliphatic carbocycles. The van der Waals surface area contributed by atoms with Crippen LogP contribution in [0.4, 0.5) is 11.4 Å². The van der Waals surface area contributed by atoms with Crippen LogP contribution in [-0.2, 0) is 0 Å². The van der Waals surface area contributed by atoms with Crippen molar-refractivity contribution in [2.75, 3.05) is 0 Å². The molecule has 0 radical (unpaired) electrons. The smallest absolute Gasteiger partial charge is 0.211 e. The Balaban J connectivity index is 1.23. The molecule has 7 aromatic carbocycles. The van der Waals surface area contributed by atoms with E-state index in [9.17, 15) is 5.26 Å². The summed E-state index contributed by atoms with van der Waals surface area (Å²) in [6, 6.07) is 53.4. The molecule has 230 valence electrons. The molecular formula is C45H25N5. The van der Waals surface area contributed by atoms with E-state index in [1.807, 2.05) is 72.8 Å². The number of hydrogen-bond acceptors (Lipinski definition) is 1. The number of nitrogens with zero attached hydrogens (tertiary/aromatic N) is 5. The van der Waals surface area contributed by atoms with E-state index in [1.54, 1.807) is 0 Å². The zero-order valence-electron chi connectivity index (χ0n) is 26.7. The van der Waals surface area contributed by atoms with Crippen LogP contribution in [0.1, 0.15) is 5.56 Å². The molecule has 9 aromatic rings. The van der Waals surface area contributed by atoms with Crippen LogP contribution in [0, 0.1) is 24.5 Å². The van der Waals surface area contributed by atoms with Crippen molar-refractivity contribution in [1.82, 2.24) is 9.13 Å². The molecule has 0 atom stereocenters. The minimum atomic E-state index is 0.553. The quantitative estimate of drug-likeness (QED) is 0.177. The fraction of sp³-hybridized carbons (Fsp3) is 0. The van der Waals surface area contributed by atoms with E-state index in [1.165, 1.54) is 0 Å². The maximum Gasteiger partial charge on any atom is 0.211 e. The first-order valence-corrected chi connectivity index (χ1v) is 16.2. The van der Waals surface area contributed by atoms with Crippen LogP contribution in [0.5, 0.6) is 0 Å². The van der Waals surface area contributed by atoms with Gasteiger partial charge in [-0.2, -0.15) is 5.26 Å². The summed E-state index contributed by atoms with van der Waals surface area (Å²) in [5.41, 5.74) is 11.7. The van der Waals surface area contributed by atoms with Gasteiger partial charge in [-0.1, -0.05) is 97.1 Å². The van der Waals surface area contributed by atoms with Crippen LogP contribution < -0.4 is 0 Å². The first-order chi connectivity index (χ1) is 24.7. The van der Waals surface area contributed by atoms with E-state index < -0.39 is 0 Å². The fourth-order valence-corrected chi connectivity index (χ4v) is 7.37. The lowest BCUT2D eigenvalue weighted by Gasteiger charge is -2.16. The zero-order chi connectivity index (χ0) is 33.8. The molecule has 5 heteroatoms. The molecule has 0 fully saturated rings. The summed E-state index contributed by atoms with van der Waals surface area (Å²) in [4.78, 5) is 7.68. The average molecular weight is 636 g/mol. The molecule has 0 amide bonds. The van der Waals surface area contributed by atoms with E-state index in [-0.39, 0.29) is 0 Å². The Morgan fingerprint density at radius 2 is 1.16 bits per heavy atom. The predicted octanol–water partition coefficient (Wildman–Crippen LogP) is 12.2. The van der Waals surface area contributed by atoms with Gasteiger partial charge in [-0.05, 0) is 76.7 Å². The van der Waals surface area contributed by atoms with E-state index in [4.69, 9.17) is 13.1 Å². The van der Waals surface area contributed by atoms with Crippen molar-refractivity contribution in [3.8, 4) is 39.7 Å².